The second-order valence-corrected chi connectivity index (χ2v) is 5.16. The normalized spacial score (nSPS) is 10.4. The molecular formula is C10H11ClN4S. The molecule has 0 saturated heterocycles. The van der Waals surface area contributed by atoms with Gasteiger partial charge in [0.1, 0.15) is 18.0 Å². The number of nitrogens with zero attached hydrogens (tertiary/aromatic N) is 3. The molecule has 0 aliphatic carbocycles. The molecule has 0 radical (unpaired) electrons. The van der Waals surface area contributed by atoms with Gasteiger partial charge in [-0.25, -0.2) is 9.97 Å². The molecule has 2 heterocycles. The first kappa shape index (κ1) is 11.2. The summed E-state index contributed by atoms with van der Waals surface area (Å²) in [6, 6.07) is 5.65. The highest BCUT2D eigenvalue weighted by Gasteiger charge is 2.06. The van der Waals surface area contributed by atoms with Gasteiger partial charge in [0.05, 0.1) is 10.9 Å². The molecule has 2 rings (SSSR count). The number of hydrogen-bond acceptors (Lipinski definition) is 5. The van der Waals surface area contributed by atoms with E-state index in [0.29, 0.717) is 5.82 Å². The molecular weight excluding hydrogens is 244 g/mol. The van der Waals surface area contributed by atoms with Crippen molar-refractivity contribution >= 4 is 34.6 Å². The molecule has 4 nitrogen and oxygen atoms in total. The number of aromatic nitrogens is 2. The summed E-state index contributed by atoms with van der Waals surface area (Å²) in [5, 5.41) is 0. The predicted molar refractivity (Wildman–Crippen MR) is 67.9 cm³/mol. The van der Waals surface area contributed by atoms with Crippen LogP contribution < -0.4 is 10.6 Å². The number of nitrogens with two attached hydrogens (primary N) is 1. The fourth-order valence-corrected chi connectivity index (χ4v) is 2.46. The predicted octanol–water partition coefficient (Wildman–Crippen LogP) is 2.41. The summed E-state index contributed by atoms with van der Waals surface area (Å²) in [5.74, 6) is 1.28. The van der Waals surface area contributed by atoms with E-state index in [1.165, 1.54) is 11.2 Å². The van der Waals surface area contributed by atoms with E-state index < -0.39 is 0 Å². The molecule has 2 aromatic heterocycles. The molecule has 0 spiro atoms. The Morgan fingerprint density at radius 3 is 2.88 bits per heavy atom. The van der Waals surface area contributed by atoms with Gasteiger partial charge in [-0.3, -0.25) is 0 Å². The van der Waals surface area contributed by atoms with E-state index in [-0.39, 0.29) is 0 Å². The van der Waals surface area contributed by atoms with E-state index in [0.717, 1.165) is 16.7 Å². The average molecular weight is 255 g/mol. The molecule has 16 heavy (non-hydrogen) atoms. The lowest BCUT2D eigenvalue weighted by molar-refractivity contribution is 0.906. The molecule has 0 atom stereocenters. The summed E-state index contributed by atoms with van der Waals surface area (Å²) in [4.78, 5) is 11.2. The van der Waals surface area contributed by atoms with E-state index >= 15 is 0 Å². The van der Waals surface area contributed by atoms with Gasteiger partial charge in [0, 0.05) is 18.0 Å². The van der Waals surface area contributed by atoms with Crippen molar-refractivity contribution in [3.63, 3.8) is 0 Å². The van der Waals surface area contributed by atoms with Gasteiger partial charge < -0.3 is 10.6 Å². The first-order valence-electron chi connectivity index (χ1n) is 4.68. The highest BCUT2D eigenvalue weighted by Crippen LogP contribution is 2.23. The zero-order valence-electron chi connectivity index (χ0n) is 8.72. The zero-order chi connectivity index (χ0) is 11.5. The fourth-order valence-electron chi connectivity index (χ4n) is 1.32. The molecule has 6 heteroatoms. The summed E-state index contributed by atoms with van der Waals surface area (Å²) in [6.07, 6.45) is 1.46. The SMILES string of the molecule is CN(Cc1ccc(Cl)s1)c1cc(N)ncn1. The zero-order valence-corrected chi connectivity index (χ0v) is 10.3. The number of anilines is 2. The second-order valence-electron chi connectivity index (χ2n) is 3.36. The lowest BCUT2D eigenvalue weighted by atomic mass is 10.4. The van der Waals surface area contributed by atoms with Crippen molar-refractivity contribution in [2.45, 2.75) is 6.54 Å². The van der Waals surface area contributed by atoms with Crippen LogP contribution in [-0.2, 0) is 6.54 Å². The Morgan fingerprint density at radius 2 is 2.25 bits per heavy atom. The van der Waals surface area contributed by atoms with Crippen LogP contribution in [0.3, 0.4) is 0 Å². The van der Waals surface area contributed by atoms with Crippen LogP contribution in [-0.4, -0.2) is 17.0 Å². The van der Waals surface area contributed by atoms with Gasteiger partial charge in [-0.05, 0) is 12.1 Å². The Labute approximate surface area is 103 Å². The third-order valence-electron chi connectivity index (χ3n) is 2.09. The lowest BCUT2D eigenvalue weighted by Crippen LogP contribution is -2.17. The molecule has 0 saturated carbocycles. The maximum absolute atomic E-state index is 5.87. The first-order chi connectivity index (χ1) is 7.65. The number of nitrogen functional groups attached to an aromatic ring is 1. The minimum atomic E-state index is 0.473. The van der Waals surface area contributed by atoms with Crippen LogP contribution in [0.15, 0.2) is 24.5 Å². The topological polar surface area (TPSA) is 55.0 Å². The summed E-state index contributed by atoms with van der Waals surface area (Å²) in [6.45, 7) is 0.758. The number of halogens is 1. The van der Waals surface area contributed by atoms with Crippen LogP contribution >= 0.6 is 22.9 Å². The van der Waals surface area contributed by atoms with Crippen LogP contribution in [0, 0.1) is 0 Å². The van der Waals surface area contributed by atoms with Gasteiger partial charge >= 0.3 is 0 Å². The van der Waals surface area contributed by atoms with Crippen molar-refractivity contribution in [3.05, 3.63) is 33.7 Å². The molecule has 0 bridgehead atoms. The Hall–Kier alpha value is -1.33. The number of rotatable bonds is 3. The standard InChI is InChI=1S/C10H11ClN4S/c1-15(5-7-2-3-8(11)16-7)10-4-9(12)13-6-14-10/h2-4,6H,5H2,1H3,(H2,12,13,14). The minimum absolute atomic E-state index is 0.473. The third-order valence-corrected chi connectivity index (χ3v) is 3.30. The van der Waals surface area contributed by atoms with Gasteiger partial charge in [0.15, 0.2) is 0 Å². The lowest BCUT2D eigenvalue weighted by Gasteiger charge is -2.16. The molecule has 2 aromatic rings. The van der Waals surface area contributed by atoms with E-state index in [1.54, 1.807) is 17.4 Å². The highest BCUT2D eigenvalue weighted by molar-refractivity contribution is 7.16. The molecule has 0 unspecified atom stereocenters. The summed E-state index contributed by atoms with van der Waals surface area (Å²) in [5.41, 5.74) is 5.60. The molecule has 0 aliphatic heterocycles. The van der Waals surface area contributed by atoms with Crippen molar-refractivity contribution in [3.8, 4) is 0 Å². The van der Waals surface area contributed by atoms with Crippen LogP contribution in [0.1, 0.15) is 4.88 Å². The van der Waals surface area contributed by atoms with Crippen molar-refractivity contribution in [2.24, 2.45) is 0 Å². The van der Waals surface area contributed by atoms with Gasteiger partial charge in [-0.15, -0.1) is 11.3 Å². The van der Waals surface area contributed by atoms with Gasteiger partial charge in [0.25, 0.3) is 0 Å². The summed E-state index contributed by atoms with van der Waals surface area (Å²) in [7, 11) is 1.95. The number of hydrogen-bond donors (Lipinski definition) is 1. The third kappa shape index (κ3) is 2.62. The maximum atomic E-state index is 5.87. The fraction of sp³-hybridized carbons (Fsp3) is 0.200. The summed E-state index contributed by atoms with van der Waals surface area (Å²) >= 11 is 7.43. The van der Waals surface area contributed by atoms with Gasteiger partial charge in [-0.1, -0.05) is 11.6 Å². The second kappa shape index (κ2) is 4.67. The van der Waals surface area contributed by atoms with E-state index in [1.807, 2.05) is 24.1 Å². The molecule has 2 N–H and O–H groups in total. The Morgan fingerprint density at radius 1 is 1.44 bits per heavy atom. The van der Waals surface area contributed by atoms with Crippen LogP contribution in [0.2, 0.25) is 4.34 Å². The average Bonchev–Trinajstić information content (AvgIpc) is 2.64. The first-order valence-corrected chi connectivity index (χ1v) is 5.87. The largest absolute Gasteiger partial charge is 0.384 e. The van der Waals surface area contributed by atoms with E-state index in [4.69, 9.17) is 17.3 Å². The smallest absolute Gasteiger partial charge is 0.134 e. The van der Waals surface area contributed by atoms with Crippen molar-refractivity contribution < 1.29 is 0 Å². The van der Waals surface area contributed by atoms with Crippen LogP contribution in [0.5, 0.6) is 0 Å². The molecule has 0 amide bonds. The molecule has 0 aromatic carbocycles. The van der Waals surface area contributed by atoms with Crippen molar-refractivity contribution in [2.75, 3.05) is 17.7 Å². The quantitative estimate of drug-likeness (QED) is 0.914. The Bertz CT molecular complexity index is 485. The van der Waals surface area contributed by atoms with E-state index in [2.05, 4.69) is 9.97 Å². The van der Waals surface area contributed by atoms with Crippen molar-refractivity contribution in [1.29, 1.82) is 0 Å². The van der Waals surface area contributed by atoms with Gasteiger partial charge in [0.2, 0.25) is 0 Å². The highest BCUT2D eigenvalue weighted by atomic mass is 35.5. The monoisotopic (exact) mass is 254 g/mol. The number of thiophene rings is 1. The minimum Gasteiger partial charge on any atom is -0.384 e. The van der Waals surface area contributed by atoms with Gasteiger partial charge in [-0.2, -0.15) is 0 Å². The summed E-state index contributed by atoms with van der Waals surface area (Å²) < 4.78 is 0.797. The molecule has 84 valence electrons. The molecule has 0 fully saturated rings. The maximum Gasteiger partial charge on any atom is 0.134 e. The Kier molecular flexibility index (Phi) is 3.26. The van der Waals surface area contributed by atoms with Crippen molar-refractivity contribution in [1.82, 2.24) is 9.97 Å². The van der Waals surface area contributed by atoms with Crippen LogP contribution in [0.25, 0.3) is 0 Å². The van der Waals surface area contributed by atoms with E-state index in [9.17, 15) is 0 Å². The van der Waals surface area contributed by atoms with Crippen LogP contribution in [0.4, 0.5) is 11.6 Å². The molecule has 0 aliphatic rings. The Balaban J connectivity index is 2.11.